The molecule has 1 aromatic carbocycles. The maximum atomic E-state index is 13.0. The van der Waals surface area contributed by atoms with Gasteiger partial charge >= 0.3 is 0 Å². The van der Waals surface area contributed by atoms with Crippen molar-refractivity contribution in [1.29, 1.82) is 0 Å². The molecule has 0 bridgehead atoms. The van der Waals surface area contributed by atoms with Crippen LogP contribution < -0.4 is 16.0 Å². The minimum atomic E-state index is -0.233. The monoisotopic (exact) mass is 357 g/mol. The summed E-state index contributed by atoms with van der Waals surface area (Å²) in [7, 11) is 0. The number of anilines is 1. The summed E-state index contributed by atoms with van der Waals surface area (Å²) in [6.45, 7) is 5.92. The molecule has 2 aromatic rings. The molecule has 0 saturated heterocycles. The lowest BCUT2D eigenvalue weighted by Gasteiger charge is -2.29. The molecule has 3 N–H and O–H groups in total. The van der Waals surface area contributed by atoms with Crippen molar-refractivity contribution in [2.75, 3.05) is 5.32 Å². The normalized spacial score (nSPS) is 17.3. The lowest BCUT2D eigenvalue weighted by atomic mass is 10.00. The molecule has 3 rings (SSSR count). The zero-order valence-electron chi connectivity index (χ0n) is 13.8. The van der Waals surface area contributed by atoms with Gasteiger partial charge in [0.1, 0.15) is 0 Å². The van der Waals surface area contributed by atoms with Gasteiger partial charge in [0.15, 0.2) is 5.11 Å². The van der Waals surface area contributed by atoms with E-state index < -0.39 is 0 Å². The van der Waals surface area contributed by atoms with Gasteiger partial charge in [-0.3, -0.25) is 4.79 Å². The first-order valence-corrected chi connectivity index (χ1v) is 8.95. The van der Waals surface area contributed by atoms with E-state index in [-0.39, 0.29) is 11.9 Å². The number of carbonyl (C=O) groups excluding carboxylic acids is 1. The highest BCUT2D eigenvalue weighted by Gasteiger charge is 2.30. The van der Waals surface area contributed by atoms with Gasteiger partial charge in [-0.2, -0.15) is 0 Å². The van der Waals surface area contributed by atoms with E-state index in [0.717, 1.165) is 27.4 Å². The van der Waals surface area contributed by atoms with Crippen LogP contribution in [0.25, 0.3) is 0 Å². The fraction of sp³-hybridized carbons (Fsp3) is 0.222. The van der Waals surface area contributed by atoms with Gasteiger partial charge in [0.25, 0.3) is 5.91 Å². The molecular formula is C18H19N3OS2. The molecule has 0 radical (unpaired) electrons. The number of benzene rings is 1. The molecule has 24 heavy (non-hydrogen) atoms. The largest absolute Gasteiger partial charge is 0.350 e. The van der Waals surface area contributed by atoms with Crippen molar-refractivity contribution >= 4 is 40.3 Å². The van der Waals surface area contributed by atoms with Gasteiger partial charge in [0.2, 0.25) is 0 Å². The minimum Gasteiger partial charge on any atom is -0.350 e. The molecule has 0 aliphatic carbocycles. The first kappa shape index (κ1) is 16.7. The number of amides is 1. The molecule has 6 heteroatoms. The number of aryl methyl sites for hydroxylation is 1. The SMILES string of the molecule is CC1=C(C(=O)Nc2cccc(C)c2C)[C@H](c2cccs2)NC(=S)N1. The zero-order chi connectivity index (χ0) is 17.3. The Morgan fingerprint density at radius 2 is 2.00 bits per heavy atom. The van der Waals surface area contributed by atoms with Crippen molar-refractivity contribution in [1.82, 2.24) is 10.6 Å². The highest BCUT2D eigenvalue weighted by molar-refractivity contribution is 7.80. The number of hydrogen-bond acceptors (Lipinski definition) is 3. The fourth-order valence-corrected chi connectivity index (χ4v) is 3.80. The van der Waals surface area contributed by atoms with Crippen LogP contribution in [0, 0.1) is 13.8 Å². The number of thiophene rings is 1. The fourth-order valence-electron chi connectivity index (χ4n) is 2.74. The summed E-state index contributed by atoms with van der Waals surface area (Å²) >= 11 is 6.86. The summed E-state index contributed by atoms with van der Waals surface area (Å²) in [5.74, 6) is -0.123. The van der Waals surface area contributed by atoms with Crippen LogP contribution in [0.3, 0.4) is 0 Å². The molecule has 1 aromatic heterocycles. The van der Waals surface area contributed by atoms with Crippen molar-refractivity contribution in [2.45, 2.75) is 26.8 Å². The summed E-state index contributed by atoms with van der Waals surface area (Å²) < 4.78 is 0. The highest BCUT2D eigenvalue weighted by Crippen LogP contribution is 2.31. The number of rotatable bonds is 3. The van der Waals surface area contributed by atoms with Gasteiger partial charge < -0.3 is 16.0 Å². The Kier molecular flexibility index (Phi) is 4.69. The Hall–Kier alpha value is -2.18. The number of nitrogens with one attached hydrogen (secondary N) is 3. The Morgan fingerprint density at radius 3 is 2.71 bits per heavy atom. The van der Waals surface area contributed by atoms with E-state index in [2.05, 4.69) is 16.0 Å². The van der Waals surface area contributed by atoms with Crippen LogP contribution in [0.15, 0.2) is 47.0 Å². The molecule has 0 saturated carbocycles. The Labute approximate surface area is 151 Å². The van der Waals surface area contributed by atoms with Crippen molar-refractivity contribution in [3.05, 3.63) is 63.0 Å². The second-order valence-electron chi connectivity index (χ2n) is 5.79. The van der Waals surface area contributed by atoms with E-state index in [1.807, 2.05) is 56.5 Å². The van der Waals surface area contributed by atoms with Crippen LogP contribution in [0.5, 0.6) is 0 Å². The minimum absolute atomic E-state index is 0.123. The van der Waals surface area contributed by atoms with Crippen LogP contribution in [0.1, 0.15) is 29.0 Å². The Balaban J connectivity index is 1.95. The second kappa shape index (κ2) is 6.75. The van der Waals surface area contributed by atoms with Crippen LogP contribution in [0.4, 0.5) is 5.69 Å². The highest BCUT2D eigenvalue weighted by atomic mass is 32.1. The lowest BCUT2D eigenvalue weighted by molar-refractivity contribution is -0.113. The first-order valence-electron chi connectivity index (χ1n) is 7.66. The summed E-state index contributed by atoms with van der Waals surface area (Å²) in [6.07, 6.45) is 0. The van der Waals surface area contributed by atoms with E-state index in [0.29, 0.717) is 10.7 Å². The van der Waals surface area contributed by atoms with Gasteiger partial charge in [-0.15, -0.1) is 11.3 Å². The first-order chi connectivity index (χ1) is 11.5. The van der Waals surface area contributed by atoms with Crippen molar-refractivity contribution in [2.24, 2.45) is 0 Å². The predicted molar refractivity (Wildman–Crippen MR) is 103 cm³/mol. The van der Waals surface area contributed by atoms with Crippen LogP contribution >= 0.6 is 23.6 Å². The summed E-state index contributed by atoms with van der Waals surface area (Å²) in [6, 6.07) is 9.65. The van der Waals surface area contributed by atoms with Crippen LogP contribution in [-0.2, 0) is 4.79 Å². The van der Waals surface area contributed by atoms with E-state index in [1.54, 1.807) is 11.3 Å². The molecule has 4 nitrogen and oxygen atoms in total. The molecule has 1 aliphatic heterocycles. The standard InChI is InChI=1S/C18H19N3OS2/c1-10-6-4-7-13(11(10)2)20-17(22)15-12(3)19-18(23)21-16(15)14-8-5-9-24-14/h4-9,16H,1-3H3,(H,20,22)(H2,19,21,23)/t16-/m0/s1. The molecule has 124 valence electrons. The summed E-state index contributed by atoms with van der Waals surface area (Å²) in [5, 5.41) is 11.8. The summed E-state index contributed by atoms with van der Waals surface area (Å²) in [4.78, 5) is 14.0. The van der Waals surface area contributed by atoms with Gasteiger partial charge in [0, 0.05) is 16.3 Å². The van der Waals surface area contributed by atoms with Gasteiger partial charge in [0.05, 0.1) is 11.6 Å². The van der Waals surface area contributed by atoms with Gasteiger partial charge in [-0.1, -0.05) is 18.2 Å². The Morgan fingerprint density at radius 1 is 1.21 bits per heavy atom. The lowest BCUT2D eigenvalue weighted by Crippen LogP contribution is -2.45. The van der Waals surface area contributed by atoms with Gasteiger partial charge in [-0.25, -0.2) is 0 Å². The van der Waals surface area contributed by atoms with E-state index >= 15 is 0 Å². The molecule has 1 aliphatic rings. The average Bonchev–Trinajstić information content (AvgIpc) is 3.05. The second-order valence-corrected chi connectivity index (χ2v) is 7.17. The summed E-state index contributed by atoms with van der Waals surface area (Å²) in [5.41, 5.74) is 4.49. The number of allylic oxidation sites excluding steroid dienone is 1. The molecule has 0 unspecified atom stereocenters. The number of carbonyl (C=O) groups is 1. The van der Waals surface area contributed by atoms with Crippen molar-refractivity contribution in [3.63, 3.8) is 0 Å². The average molecular weight is 358 g/mol. The maximum Gasteiger partial charge on any atom is 0.255 e. The molecule has 1 amide bonds. The molecular weight excluding hydrogens is 338 g/mol. The predicted octanol–water partition coefficient (Wildman–Crippen LogP) is 3.80. The van der Waals surface area contributed by atoms with E-state index in [1.165, 1.54) is 0 Å². The number of hydrogen-bond donors (Lipinski definition) is 3. The van der Waals surface area contributed by atoms with Crippen LogP contribution in [-0.4, -0.2) is 11.0 Å². The molecule has 0 spiro atoms. The van der Waals surface area contributed by atoms with E-state index in [4.69, 9.17) is 12.2 Å². The maximum absolute atomic E-state index is 13.0. The quantitative estimate of drug-likeness (QED) is 0.732. The zero-order valence-corrected chi connectivity index (χ0v) is 15.4. The molecule has 1 atom stereocenters. The van der Waals surface area contributed by atoms with Crippen molar-refractivity contribution in [3.8, 4) is 0 Å². The molecule has 0 fully saturated rings. The third-order valence-electron chi connectivity index (χ3n) is 4.19. The Bertz CT molecular complexity index is 825. The molecule has 2 heterocycles. The van der Waals surface area contributed by atoms with Crippen LogP contribution in [0.2, 0.25) is 0 Å². The van der Waals surface area contributed by atoms with Gasteiger partial charge in [-0.05, 0) is 61.6 Å². The number of thiocarbonyl (C=S) groups is 1. The topological polar surface area (TPSA) is 53.2 Å². The third-order valence-corrected chi connectivity index (χ3v) is 5.35. The smallest absolute Gasteiger partial charge is 0.255 e. The third kappa shape index (κ3) is 3.20. The van der Waals surface area contributed by atoms with Crippen molar-refractivity contribution < 1.29 is 4.79 Å². The van der Waals surface area contributed by atoms with E-state index in [9.17, 15) is 4.79 Å².